The van der Waals surface area contributed by atoms with E-state index in [0.29, 0.717) is 17.0 Å². The first-order valence-electron chi connectivity index (χ1n) is 5.18. The minimum atomic E-state index is -1.54. The van der Waals surface area contributed by atoms with Gasteiger partial charge in [0.2, 0.25) is 0 Å². The van der Waals surface area contributed by atoms with Gasteiger partial charge in [-0.15, -0.1) is 0 Å². The van der Waals surface area contributed by atoms with E-state index in [2.05, 4.69) is 0 Å². The summed E-state index contributed by atoms with van der Waals surface area (Å²) in [5.74, 6) is 1.07. The Kier molecular flexibility index (Phi) is 3.22. The monoisotopic (exact) mass is 232 g/mol. The lowest BCUT2D eigenvalue weighted by atomic mass is 9.77. The van der Waals surface area contributed by atoms with Crippen LogP contribution >= 0.6 is 0 Å². The molecule has 0 heterocycles. The Hall–Kier alpha value is -1.72. The lowest BCUT2D eigenvalue weighted by molar-refractivity contribution is 0.358. The molecule has 5 heteroatoms. The van der Waals surface area contributed by atoms with Crippen molar-refractivity contribution in [1.29, 1.82) is 0 Å². The lowest BCUT2D eigenvalue weighted by Gasteiger charge is -2.14. The summed E-state index contributed by atoms with van der Waals surface area (Å²) in [4.78, 5) is 0. The molecule has 0 aliphatic rings. The van der Waals surface area contributed by atoms with Gasteiger partial charge in [0.1, 0.15) is 0 Å². The van der Waals surface area contributed by atoms with E-state index in [1.807, 2.05) is 24.3 Å². The molecule has 88 valence electrons. The zero-order valence-electron chi connectivity index (χ0n) is 9.68. The molecule has 0 aliphatic carbocycles. The van der Waals surface area contributed by atoms with Crippen LogP contribution in [0.2, 0.25) is 0 Å². The predicted octanol–water partition coefficient (Wildman–Crippen LogP) is 0.537. The minimum Gasteiger partial charge on any atom is -0.493 e. The molecule has 0 saturated heterocycles. The van der Waals surface area contributed by atoms with Crippen molar-refractivity contribution < 1.29 is 19.5 Å². The Morgan fingerprint density at radius 2 is 1.65 bits per heavy atom. The Bertz CT molecular complexity index is 539. The van der Waals surface area contributed by atoms with Gasteiger partial charge in [-0.25, -0.2) is 0 Å². The van der Waals surface area contributed by atoms with Gasteiger partial charge in [0, 0.05) is 5.39 Å². The quantitative estimate of drug-likeness (QED) is 0.758. The third-order valence-electron chi connectivity index (χ3n) is 2.70. The number of ether oxygens (including phenoxy) is 2. The normalized spacial score (nSPS) is 10.4. The molecule has 0 radical (unpaired) electrons. The van der Waals surface area contributed by atoms with Crippen molar-refractivity contribution in [2.45, 2.75) is 0 Å². The van der Waals surface area contributed by atoms with E-state index in [1.54, 1.807) is 13.2 Å². The first-order chi connectivity index (χ1) is 8.19. The van der Waals surface area contributed by atoms with E-state index in [0.717, 1.165) is 10.8 Å². The summed E-state index contributed by atoms with van der Waals surface area (Å²) in [6, 6.07) is 8.93. The van der Waals surface area contributed by atoms with E-state index < -0.39 is 7.12 Å². The number of methoxy groups -OCH3 is 2. The van der Waals surface area contributed by atoms with Crippen molar-refractivity contribution in [3.8, 4) is 11.5 Å². The van der Waals surface area contributed by atoms with Crippen LogP contribution in [-0.4, -0.2) is 31.4 Å². The van der Waals surface area contributed by atoms with Gasteiger partial charge >= 0.3 is 7.12 Å². The SMILES string of the molecule is COc1cc(B(O)O)c2ccccc2c1OC. The zero-order valence-corrected chi connectivity index (χ0v) is 9.68. The third-order valence-corrected chi connectivity index (χ3v) is 2.70. The molecule has 0 atom stereocenters. The summed E-state index contributed by atoms with van der Waals surface area (Å²) in [6.45, 7) is 0. The van der Waals surface area contributed by atoms with Crippen molar-refractivity contribution in [2.75, 3.05) is 14.2 Å². The fraction of sp³-hybridized carbons (Fsp3) is 0.167. The maximum atomic E-state index is 9.36. The number of benzene rings is 2. The molecular weight excluding hydrogens is 219 g/mol. The number of fused-ring (bicyclic) bond motifs is 1. The largest absolute Gasteiger partial charge is 0.493 e. The molecule has 2 aromatic rings. The summed E-state index contributed by atoms with van der Waals surface area (Å²) in [5, 5.41) is 20.3. The Morgan fingerprint density at radius 1 is 1.00 bits per heavy atom. The smallest absolute Gasteiger partial charge is 0.489 e. The highest BCUT2D eigenvalue weighted by Gasteiger charge is 2.20. The molecule has 0 amide bonds. The van der Waals surface area contributed by atoms with Crippen LogP contribution in [0.15, 0.2) is 30.3 Å². The lowest BCUT2D eigenvalue weighted by Crippen LogP contribution is -2.30. The summed E-state index contributed by atoms with van der Waals surface area (Å²) in [5.41, 5.74) is 0.401. The molecule has 17 heavy (non-hydrogen) atoms. The molecule has 0 aliphatic heterocycles. The number of rotatable bonds is 3. The van der Waals surface area contributed by atoms with E-state index in [9.17, 15) is 10.0 Å². The first kappa shape index (κ1) is 11.8. The van der Waals surface area contributed by atoms with Crippen LogP contribution < -0.4 is 14.9 Å². The zero-order chi connectivity index (χ0) is 12.4. The highest BCUT2D eigenvalue weighted by atomic mass is 16.5. The minimum absolute atomic E-state index is 0.401. The average molecular weight is 232 g/mol. The molecule has 2 rings (SSSR count). The summed E-state index contributed by atoms with van der Waals surface area (Å²) in [7, 11) is 1.53. The van der Waals surface area contributed by atoms with Crippen LogP contribution in [0.5, 0.6) is 11.5 Å². The molecule has 4 nitrogen and oxygen atoms in total. The molecule has 0 aromatic heterocycles. The standard InChI is InChI=1S/C12H13BO4/c1-16-11-7-10(13(14)15)8-5-3-4-6-9(8)12(11)17-2/h3-7,14-15H,1-2H3. The molecule has 0 unspecified atom stereocenters. The van der Waals surface area contributed by atoms with Crippen LogP contribution in [-0.2, 0) is 0 Å². The summed E-state index contributed by atoms with van der Waals surface area (Å²) >= 11 is 0. The molecular formula is C12H13BO4. The van der Waals surface area contributed by atoms with Crippen molar-refractivity contribution >= 4 is 23.4 Å². The Morgan fingerprint density at radius 3 is 2.18 bits per heavy atom. The second-order valence-electron chi connectivity index (χ2n) is 3.62. The maximum absolute atomic E-state index is 9.36. The van der Waals surface area contributed by atoms with Gasteiger partial charge in [-0.1, -0.05) is 24.3 Å². The molecule has 0 saturated carbocycles. The second kappa shape index (κ2) is 4.65. The highest BCUT2D eigenvalue weighted by molar-refractivity contribution is 6.62. The van der Waals surface area contributed by atoms with Crippen LogP contribution in [0.4, 0.5) is 0 Å². The first-order valence-corrected chi connectivity index (χ1v) is 5.18. The van der Waals surface area contributed by atoms with Gasteiger partial charge < -0.3 is 19.5 Å². The van der Waals surface area contributed by atoms with Crippen molar-refractivity contribution in [2.24, 2.45) is 0 Å². The van der Waals surface area contributed by atoms with Crippen molar-refractivity contribution in [3.63, 3.8) is 0 Å². The Labute approximate surface area is 99.6 Å². The number of hydrogen-bond donors (Lipinski definition) is 2. The van der Waals surface area contributed by atoms with Crippen LogP contribution in [0, 0.1) is 0 Å². The molecule has 2 aromatic carbocycles. The summed E-state index contributed by atoms with van der Waals surface area (Å²) in [6.07, 6.45) is 0. The molecule has 0 bridgehead atoms. The van der Waals surface area contributed by atoms with E-state index in [1.165, 1.54) is 7.11 Å². The van der Waals surface area contributed by atoms with Gasteiger partial charge in [0.25, 0.3) is 0 Å². The Balaban J connectivity index is 2.84. The fourth-order valence-electron chi connectivity index (χ4n) is 1.93. The van der Waals surface area contributed by atoms with Crippen molar-refractivity contribution in [3.05, 3.63) is 30.3 Å². The predicted molar refractivity (Wildman–Crippen MR) is 66.9 cm³/mol. The van der Waals surface area contributed by atoms with Gasteiger partial charge in [-0.2, -0.15) is 0 Å². The maximum Gasteiger partial charge on any atom is 0.489 e. The molecule has 0 fully saturated rings. The molecule has 0 spiro atoms. The topological polar surface area (TPSA) is 58.9 Å². The van der Waals surface area contributed by atoms with E-state index >= 15 is 0 Å². The van der Waals surface area contributed by atoms with E-state index in [-0.39, 0.29) is 0 Å². The number of hydrogen-bond acceptors (Lipinski definition) is 4. The van der Waals surface area contributed by atoms with Crippen LogP contribution in [0.1, 0.15) is 0 Å². The van der Waals surface area contributed by atoms with Gasteiger partial charge in [0.05, 0.1) is 14.2 Å². The average Bonchev–Trinajstić information content (AvgIpc) is 2.36. The summed E-state index contributed by atoms with van der Waals surface area (Å²) < 4.78 is 10.5. The van der Waals surface area contributed by atoms with Crippen LogP contribution in [0.25, 0.3) is 10.8 Å². The second-order valence-corrected chi connectivity index (χ2v) is 3.62. The van der Waals surface area contributed by atoms with Crippen LogP contribution in [0.3, 0.4) is 0 Å². The van der Waals surface area contributed by atoms with Gasteiger partial charge in [-0.05, 0) is 16.9 Å². The highest BCUT2D eigenvalue weighted by Crippen LogP contribution is 2.34. The fourth-order valence-corrected chi connectivity index (χ4v) is 1.93. The van der Waals surface area contributed by atoms with E-state index in [4.69, 9.17) is 9.47 Å². The van der Waals surface area contributed by atoms with Gasteiger partial charge in [0.15, 0.2) is 11.5 Å². The van der Waals surface area contributed by atoms with Gasteiger partial charge in [-0.3, -0.25) is 0 Å². The molecule has 2 N–H and O–H groups in total. The third kappa shape index (κ3) is 1.95. The van der Waals surface area contributed by atoms with Crippen molar-refractivity contribution in [1.82, 2.24) is 0 Å².